The minimum Gasteiger partial charge on any atom is -0.491 e. The van der Waals surface area contributed by atoms with Crippen molar-refractivity contribution in [3.63, 3.8) is 0 Å². The number of halogens is 1. The molecule has 2 aromatic rings. The van der Waals surface area contributed by atoms with Crippen molar-refractivity contribution in [3.05, 3.63) is 64.7 Å². The van der Waals surface area contributed by atoms with Crippen LogP contribution in [0.4, 0.5) is 0 Å². The summed E-state index contributed by atoms with van der Waals surface area (Å²) in [5.41, 5.74) is 1.17. The molecule has 2 aromatic carbocycles. The van der Waals surface area contributed by atoms with Crippen LogP contribution in [0.3, 0.4) is 0 Å². The average molecular weight is 334 g/mol. The van der Waals surface area contributed by atoms with Crippen LogP contribution >= 0.6 is 11.6 Å². The zero-order chi connectivity index (χ0) is 16.8. The summed E-state index contributed by atoms with van der Waals surface area (Å²) in [5.74, 6) is 0.469. The Morgan fingerprint density at radius 3 is 2.70 bits per heavy atom. The largest absolute Gasteiger partial charge is 0.491 e. The van der Waals surface area contributed by atoms with Crippen LogP contribution in [-0.2, 0) is 0 Å². The quantitative estimate of drug-likeness (QED) is 0.879. The lowest BCUT2D eigenvalue weighted by molar-refractivity contribution is 0.0801. The molecule has 0 aromatic heterocycles. The molecular weight excluding hydrogens is 314 g/mol. The summed E-state index contributed by atoms with van der Waals surface area (Å²) in [6.07, 6.45) is -0.832. The smallest absolute Gasteiger partial charge is 0.253 e. The van der Waals surface area contributed by atoms with Crippen LogP contribution in [0.1, 0.15) is 28.9 Å². The van der Waals surface area contributed by atoms with Gasteiger partial charge in [-0.15, -0.1) is 0 Å². The molecule has 5 heteroatoms. The number of hydrogen-bond acceptors (Lipinski definition) is 3. The number of benzene rings is 2. The molecule has 0 saturated heterocycles. The van der Waals surface area contributed by atoms with Gasteiger partial charge >= 0.3 is 0 Å². The zero-order valence-electron chi connectivity index (χ0n) is 13.2. The van der Waals surface area contributed by atoms with Crippen molar-refractivity contribution in [2.75, 3.05) is 20.2 Å². The van der Waals surface area contributed by atoms with E-state index in [4.69, 9.17) is 16.3 Å². The number of nitrogens with zero attached hydrogens (tertiary/aromatic N) is 1. The Bertz CT molecular complexity index is 675. The third kappa shape index (κ3) is 4.47. The number of rotatable bonds is 6. The predicted octanol–water partition coefficient (Wildman–Crippen LogP) is 3.54. The van der Waals surface area contributed by atoms with Gasteiger partial charge in [0.15, 0.2) is 0 Å². The van der Waals surface area contributed by atoms with Gasteiger partial charge < -0.3 is 14.7 Å². The maximum Gasteiger partial charge on any atom is 0.253 e. The van der Waals surface area contributed by atoms with Crippen molar-refractivity contribution in [2.45, 2.75) is 13.0 Å². The van der Waals surface area contributed by atoms with Crippen LogP contribution in [-0.4, -0.2) is 36.1 Å². The van der Waals surface area contributed by atoms with Crippen molar-refractivity contribution in [1.82, 2.24) is 4.90 Å². The number of amides is 1. The van der Waals surface area contributed by atoms with Crippen molar-refractivity contribution < 1.29 is 14.6 Å². The molecule has 0 bridgehead atoms. The first kappa shape index (κ1) is 17.3. The third-order valence-electron chi connectivity index (χ3n) is 3.57. The number of aliphatic hydroxyl groups excluding tert-OH is 1. The van der Waals surface area contributed by atoms with E-state index in [0.29, 0.717) is 28.4 Å². The summed E-state index contributed by atoms with van der Waals surface area (Å²) >= 11 is 6.05. The lowest BCUT2D eigenvalue weighted by Gasteiger charge is -2.16. The van der Waals surface area contributed by atoms with Crippen LogP contribution in [0.15, 0.2) is 48.5 Å². The lowest BCUT2D eigenvalue weighted by atomic mass is 10.1. The minimum atomic E-state index is -0.832. The molecule has 1 unspecified atom stereocenters. The van der Waals surface area contributed by atoms with Gasteiger partial charge in [-0.3, -0.25) is 4.79 Å². The molecule has 0 aliphatic rings. The minimum absolute atomic E-state index is 0.0605. The molecule has 0 aliphatic carbocycles. The molecule has 0 radical (unpaired) electrons. The highest BCUT2D eigenvalue weighted by Crippen LogP contribution is 2.24. The van der Waals surface area contributed by atoms with Crippen LogP contribution in [0, 0.1) is 0 Å². The van der Waals surface area contributed by atoms with Gasteiger partial charge in [0.2, 0.25) is 0 Å². The molecule has 4 nitrogen and oxygen atoms in total. The van der Waals surface area contributed by atoms with Gasteiger partial charge in [0.05, 0.1) is 0 Å². The predicted molar refractivity (Wildman–Crippen MR) is 91.0 cm³/mol. The number of carbonyl (C=O) groups is 1. The van der Waals surface area contributed by atoms with Gasteiger partial charge in [-0.2, -0.15) is 0 Å². The summed E-state index contributed by atoms with van der Waals surface area (Å²) in [4.78, 5) is 13.8. The van der Waals surface area contributed by atoms with Gasteiger partial charge in [-0.1, -0.05) is 35.9 Å². The molecular formula is C18H20ClNO3. The fraction of sp³-hybridized carbons (Fsp3) is 0.278. The molecule has 0 saturated carbocycles. The van der Waals surface area contributed by atoms with Crippen LogP contribution in [0.2, 0.25) is 5.02 Å². The summed E-state index contributed by atoms with van der Waals surface area (Å²) in [5, 5.41) is 10.7. The van der Waals surface area contributed by atoms with Crippen molar-refractivity contribution in [2.24, 2.45) is 0 Å². The number of ether oxygens (including phenoxy) is 1. The van der Waals surface area contributed by atoms with Gasteiger partial charge in [-0.05, 0) is 31.2 Å². The standard InChI is InChI=1S/C18H20ClNO3/c1-3-20(2)18(22)13-7-6-8-14(11-13)23-12-17(21)15-9-4-5-10-16(15)19/h4-11,17,21H,3,12H2,1-2H3. The van der Waals surface area contributed by atoms with E-state index in [2.05, 4.69) is 0 Å². The highest BCUT2D eigenvalue weighted by atomic mass is 35.5. The molecule has 0 fully saturated rings. The van der Waals surface area contributed by atoms with E-state index >= 15 is 0 Å². The Morgan fingerprint density at radius 1 is 1.26 bits per heavy atom. The van der Waals surface area contributed by atoms with E-state index in [1.54, 1.807) is 54.4 Å². The summed E-state index contributed by atoms with van der Waals surface area (Å²) < 4.78 is 5.60. The average Bonchev–Trinajstić information content (AvgIpc) is 2.59. The van der Waals surface area contributed by atoms with E-state index in [1.807, 2.05) is 13.0 Å². The molecule has 0 spiro atoms. The molecule has 1 atom stereocenters. The molecule has 2 rings (SSSR count). The number of carbonyl (C=O) groups excluding carboxylic acids is 1. The van der Waals surface area contributed by atoms with Gasteiger partial charge in [0.1, 0.15) is 18.5 Å². The van der Waals surface area contributed by atoms with Gasteiger partial charge in [0.25, 0.3) is 5.91 Å². The summed E-state index contributed by atoms with van der Waals surface area (Å²) in [6, 6.07) is 14.0. The van der Waals surface area contributed by atoms with Crippen LogP contribution < -0.4 is 4.74 Å². The Labute approximate surface area is 141 Å². The zero-order valence-corrected chi connectivity index (χ0v) is 14.0. The normalized spacial score (nSPS) is 11.8. The SMILES string of the molecule is CCN(C)C(=O)c1cccc(OCC(O)c2ccccc2Cl)c1. The second-order valence-electron chi connectivity index (χ2n) is 5.20. The van der Waals surface area contributed by atoms with E-state index < -0.39 is 6.10 Å². The fourth-order valence-corrected chi connectivity index (χ4v) is 2.35. The fourth-order valence-electron chi connectivity index (χ4n) is 2.09. The monoisotopic (exact) mass is 333 g/mol. The molecule has 122 valence electrons. The highest BCUT2D eigenvalue weighted by molar-refractivity contribution is 6.31. The molecule has 1 amide bonds. The van der Waals surface area contributed by atoms with Gasteiger partial charge in [0, 0.05) is 29.7 Å². The second-order valence-corrected chi connectivity index (χ2v) is 5.60. The first-order valence-corrected chi connectivity index (χ1v) is 7.81. The van der Waals surface area contributed by atoms with Gasteiger partial charge in [-0.25, -0.2) is 0 Å². The molecule has 1 N–H and O–H groups in total. The lowest BCUT2D eigenvalue weighted by Crippen LogP contribution is -2.26. The first-order valence-electron chi connectivity index (χ1n) is 7.43. The Balaban J connectivity index is 2.04. The highest BCUT2D eigenvalue weighted by Gasteiger charge is 2.13. The van der Waals surface area contributed by atoms with Crippen molar-refractivity contribution in [1.29, 1.82) is 0 Å². The molecule has 0 heterocycles. The van der Waals surface area contributed by atoms with E-state index in [1.165, 1.54) is 0 Å². The summed E-state index contributed by atoms with van der Waals surface area (Å²) in [7, 11) is 1.75. The second kappa shape index (κ2) is 7.99. The first-order chi connectivity index (χ1) is 11.0. The molecule has 0 aliphatic heterocycles. The van der Waals surface area contributed by atoms with Crippen LogP contribution in [0.5, 0.6) is 5.75 Å². The van der Waals surface area contributed by atoms with Crippen molar-refractivity contribution in [3.8, 4) is 5.75 Å². The topological polar surface area (TPSA) is 49.8 Å². The van der Waals surface area contributed by atoms with E-state index in [-0.39, 0.29) is 12.5 Å². The molecule has 23 heavy (non-hydrogen) atoms. The maximum absolute atomic E-state index is 12.1. The number of aliphatic hydroxyl groups is 1. The summed E-state index contributed by atoms with van der Waals surface area (Å²) in [6.45, 7) is 2.61. The third-order valence-corrected chi connectivity index (χ3v) is 3.92. The van der Waals surface area contributed by atoms with Crippen LogP contribution in [0.25, 0.3) is 0 Å². The van der Waals surface area contributed by atoms with E-state index in [0.717, 1.165) is 0 Å². The Kier molecular flexibility index (Phi) is 6.02. The van der Waals surface area contributed by atoms with Crippen molar-refractivity contribution >= 4 is 17.5 Å². The Morgan fingerprint density at radius 2 is 2.00 bits per heavy atom. The number of hydrogen-bond donors (Lipinski definition) is 1. The Hall–Kier alpha value is -2.04. The van der Waals surface area contributed by atoms with E-state index in [9.17, 15) is 9.90 Å². The maximum atomic E-state index is 12.1.